The fourth-order valence-corrected chi connectivity index (χ4v) is 3.24. The zero-order valence-electron chi connectivity index (χ0n) is 18.0. The molecule has 31 heavy (non-hydrogen) atoms. The number of esters is 1. The molecular weight excluding hydrogens is 386 g/mol. The minimum absolute atomic E-state index is 0.0609. The fraction of sp³-hybridized carbons (Fsp3) is 0.185. The van der Waals surface area contributed by atoms with Crippen LogP contribution in [0.15, 0.2) is 89.6 Å². The standard InChI is InChI=1S/C27H25NO3/c1-27(2,3)22-14-12-21(13-15-22)25-28-24(26(29)31-25)17-20-10-7-11-23(16-20)30-18-19-8-5-4-6-9-19/h4-17H,18H2,1-3H3/b24-17-. The van der Waals surface area contributed by atoms with Crippen molar-refractivity contribution in [1.82, 2.24) is 0 Å². The van der Waals surface area contributed by atoms with E-state index in [1.807, 2.05) is 78.9 Å². The van der Waals surface area contributed by atoms with Gasteiger partial charge in [-0.15, -0.1) is 0 Å². The van der Waals surface area contributed by atoms with Crippen LogP contribution in [-0.4, -0.2) is 11.9 Å². The molecule has 1 aliphatic heterocycles. The molecule has 3 aromatic carbocycles. The molecule has 3 aromatic rings. The molecule has 0 aliphatic carbocycles. The number of ether oxygens (including phenoxy) is 2. The Morgan fingerprint density at radius 1 is 0.935 bits per heavy atom. The Morgan fingerprint density at radius 3 is 2.39 bits per heavy atom. The predicted octanol–water partition coefficient (Wildman–Crippen LogP) is 5.91. The fourth-order valence-electron chi connectivity index (χ4n) is 3.24. The summed E-state index contributed by atoms with van der Waals surface area (Å²) in [5, 5.41) is 0. The molecule has 156 valence electrons. The third kappa shape index (κ3) is 5.10. The van der Waals surface area contributed by atoms with Crippen LogP contribution in [0.5, 0.6) is 5.75 Å². The Morgan fingerprint density at radius 2 is 1.68 bits per heavy atom. The zero-order valence-corrected chi connectivity index (χ0v) is 18.0. The Labute approximate surface area is 182 Å². The van der Waals surface area contributed by atoms with Gasteiger partial charge >= 0.3 is 5.97 Å². The first-order chi connectivity index (χ1) is 14.9. The van der Waals surface area contributed by atoms with Crippen LogP contribution in [0.1, 0.15) is 43.0 Å². The van der Waals surface area contributed by atoms with E-state index in [-0.39, 0.29) is 11.1 Å². The predicted molar refractivity (Wildman–Crippen MR) is 123 cm³/mol. The van der Waals surface area contributed by atoms with E-state index in [1.165, 1.54) is 5.56 Å². The lowest BCUT2D eigenvalue weighted by Crippen LogP contribution is -2.11. The van der Waals surface area contributed by atoms with Crippen molar-refractivity contribution in [3.8, 4) is 5.75 Å². The van der Waals surface area contributed by atoms with E-state index in [2.05, 4.69) is 25.8 Å². The van der Waals surface area contributed by atoms with Gasteiger partial charge in [0.15, 0.2) is 5.70 Å². The molecule has 0 bridgehead atoms. The quantitative estimate of drug-likeness (QED) is 0.387. The van der Waals surface area contributed by atoms with Crippen LogP contribution in [0.4, 0.5) is 0 Å². The van der Waals surface area contributed by atoms with Crippen LogP contribution in [0, 0.1) is 0 Å². The van der Waals surface area contributed by atoms with Crippen molar-refractivity contribution >= 4 is 17.9 Å². The van der Waals surface area contributed by atoms with Crippen molar-refractivity contribution in [2.24, 2.45) is 4.99 Å². The average Bonchev–Trinajstić information content (AvgIpc) is 3.13. The number of cyclic esters (lactones) is 1. The van der Waals surface area contributed by atoms with Gasteiger partial charge in [-0.25, -0.2) is 9.79 Å². The SMILES string of the molecule is CC(C)(C)c1ccc(C2=N/C(=C\c3cccc(OCc4ccccc4)c3)C(=O)O2)cc1. The smallest absolute Gasteiger partial charge is 0.363 e. The van der Waals surface area contributed by atoms with Gasteiger partial charge in [-0.2, -0.15) is 0 Å². The molecule has 1 heterocycles. The summed E-state index contributed by atoms with van der Waals surface area (Å²) in [5.41, 5.74) is 4.25. The van der Waals surface area contributed by atoms with Gasteiger partial charge in [-0.3, -0.25) is 0 Å². The van der Waals surface area contributed by atoms with Gasteiger partial charge in [0.05, 0.1) is 0 Å². The lowest BCUT2D eigenvalue weighted by atomic mass is 9.87. The van der Waals surface area contributed by atoms with Crippen LogP contribution >= 0.6 is 0 Å². The molecule has 0 saturated carbocycles. The van der Waals surface area contributed by atoms with Gasteiger partial charge in [-0.1, -0.05) is 75.4 Å². The topological polar surface area (TPSA) is 47.9 Å². The molecule has 4 rings (SSSR count). The maximum Gasteiger partial charge on any atom is 0.363 e. The van der Waals surface area contributed by atoms with E-state index in [0.29, 0.717) is 12.5 Å². The van der Waals surface area contributed by atoms with E-state index >= 15 is 0 Å². The van der Waals surface area contributed by atoms with Gasteiger partial charge in [0.2, 0.25) is 5.90 Å². The summed E-state index contributed by atoms with van der Waals surface area (Å²) in [6.07, 6.45) is 1.72. The van der Waals surface area contributed by atoms with Crippen LogP contribution in [-0.2, 0) is 21.6 Å². The maximum atomic E-state index is 12.3. The first-order valence-electron chi connectivity index (χ1n) is 10.3. The first-order valence-corrected chi connectivity index (χ1v) is 10.3. The largest absolute Gasteiger partial charge is 0.489 e. The summed E-state index contributed by atoms with van der Waals surface area (Å²) in [4.78, 5) is 16.8. The number of nitrogens with zero attached hydrogens (tertiary/aromatic N) is 1. The van der Waals surface area contributed by atoms with Crippen molar-refractivity contribution in [2.45, 2.75) is 32.8 Å². The molecule has 4 nitrogen and oxygen atoms in total. The van der Waals surface area contributed by atoms with E-state index < -0.39 is 5.97 Å². The maximum absolute atomic E-state index is 12.3. The monoisotopic (exact) mass is 411 g/mol. The van der Waals surface area contributed by atoms with Crippen molar-refractivity contribution < 1.29 is 14.3 Å². The molecule has 0 saturated heterocycles. The molecule has 0 spiro atoms. The molecule has 0 radical (unpaired) electrons. The molecule has 1 aliphatic rings. The third-order valence-electron chi connectivity index (χ3n) is 5.03. The van der Waals surface area contributed by atoms with Gasteiger partial charge in [-0.05, 0) is 52.4 Å². The summed E-state index contributed by atoms with van der Waals surface area (Å²) in [6, 6.07) is 25.5. The van der Waals surface area contributed by atoms with Crippen molar-refractivity contribution in [2.75, 3.05) is 0 Å². The van der Waals surface area contributed by atoms with E-state index in [9.17, 15) is 4.79 Å². The van der Waals surface area contributed by atoms with Crippen molar-refractivity contribution in [3.05, 3.63) is 107 Å². The number of hydrogen-bond donors (Lipinski definition) is 0. The zero-order chi connectivity index (χ0) is 21.8. The highest BCUT2D eigenvalue weighted by Gasteiger charge is 2.24. The molecule has 4 heteroatoms. The molecule has 0 aromatic heterocycles. The number of benzene rings is 3. The van der Waals surface area contributed by atoms with Gasteiger partial charge in [0, 0.05) is 5.56 Å². The van der Waals surface area contributed by atoms with E-state index in [4.69, 9.17) is 9.47 Å². The summed E-state index contributed by atoms with van der Waals surface area (Å²) < 4.78 is 11.3. The molecule has 0 fully saturated rings. The number of aliphatic imine (C=N–C) groups is 1. The molecule has 0 N–H and O–H groups in total. The van der Waals surface area contributed by atoms with Crippen LogP contribution < -0.4 is 4.74 Å². The Kier molecular flexibility index (Phi) is 5.72. The van der Waals surface area contributed by atoms with Gasteiger partial charge < -0.3 is 9.47 Å². The highest BCUT2D eigenvalue weighted by atomic mass is 16.6. The molecule has 0 unspecified atom stereocenters. The van der Waals surface area contributed by atoms with Crippen LogP contribution in [0.3, 0.4) is 0 Å². The first kappa shape index (κ1) is 20.6. The third-order valence-corrected chi connectivity index (χ3v) is 5.03. The van der Waals surface area contributed by atoms with Crippen molar-refractivity contribution in [1.29, 1.82) is 0 Å². The van der Waals surface area contributed by atoms with E-state index in [1.54, 1.807) is 6.08 Å². The lowest BCUT2D eigenvalue weighted by Gasteiger charge is -2.18. The Bertz CT molecular complexity index is 1140. The van der Waals surface area contributed by atoms with Crippen molar-refractivity contribution in [3.63, 3.8) is 0 Å². The summed E-state index contributed by atoms with van der Waals surface area (Å²) in [7, 11) is 0. The number of carbonyl (C=O) groups excluding carboxylic acids is 1. The van der Waals surface area contributed by atoms with Gasteiger partial charge in [0.25, 0.3) is 0 Å². The summed E-state index contributed by atoms with van der Waals surface area (Å²) in [6.45, 7) is 6.96. The minimum atomic E-state index is -0.453. The van der Waals surface area contributed by atoms with Crippen LogP contribution in [0.2, 0.25) is 0 Å². The summed E-state index contributed by atoms with van der Waals surface area (Å²) in [5.74, 6) is 0.602. The number of rotatable bonds is 5. The molecule has 0 amide bonds. The number of hydrogen-bond acceptors (Lipinski definition) is 4. The molecular formula is C27H25NO3. The summed E-state index contributed by atoms with van der Waals surface area (Å²) >= 11 is 0. The Hall–Kier alpha value is -3.66. The van der Waals surface area contributed by atoms with Crippen LogP contribution in [0.25, 0.3) is 6.08 Å². The second kappa shape index (κ2) is 8.60. The Balaban J connectivity index is 1.50. The minimum Gasteiger partial charge on any atom is -0.489 e. The van der Waals surface area contributed by atoms with E-state index in [0.717, 1.165) is 22.4 Å². The van der Waals surface area contributed by atoms with Gasteiger partial charge in [0.1, 0.15) is 12.4 Å². The molecule has 0 atom stereocenters. The lowest BCUT2D eigenvalue weighted by molar-refractivity contribution is -0.129. The normalized spacial score (nSPS) is 15.0. The average molecular weight is 412 g/mol. The highest BCUT2D eigenvalue weighted by Crippen LogP contribution is 2.25. The highest BCUT2D eigenvalue weighted by molar-refractivity contribution is 6.12. The number of carbonyl (C=O) groups is 1. The second-order valence-corrected chi connectivity index (χ2v) is 8.51. The second-order valence-electron chi connectivity index (χ2n) is 8.51.